The van der Waals surface area contributed by atoms with E-state index in [1.807, 2.05) is 30.3 Å². The number of sulfone groups is 1. The summed E-state index contributed by atoms with van der Waals surface area (Å²) >= 11 is 0. The lowest BCUT2D eigenvalue weighted by molar-refractivity contribution is 0.557. The Morgan fingerprint density at radius 3 is 2.47 bits per heavy atom. The Labute approximate surface area is 89.6 Å². The van der Waals surface area contributed by atoms with E-state index in [4.69, 9.17) is 0 Å². The Bertz CT molecular complexity index is 430. The van der Waals surface area contributed by atoms with Gasteiger partial charge in [-0.05, 0) is 5.56 Å². The summed E-state index contributed by atoms with van der Waals surface area (Å²) in [5.74, 6) is 0. The smallest absolute Gasteiger partial charge is 0.164 e. The first-order valence-electron chi connectivity index (χ1n) is 4.80. The van der Waals surface area contributed by atoms with Gasteiger partial charge in [-0.25, -0.2) is 8.42 Å². The van der Waals surface area contributed by atoms with Crippen LogP contribution in [0.15, 0.2) is 30.3 Å². The van der Waals surface area contributed by atoms with E-state index in [-0.39, 0.29) is 6.17 Å². The molecule has 1 fully saturated rings. The lowest BCUT2D eigenvalue weighted by atomic mass is 10.2. The van der Waals surface area contributed by atoms with Crippen LogP contribution >= 0.6 is 0 Å². The molecule has 0 bridgehead atoms. The molecule has 15 heavy (non-hydrogen) atoms. The zero-order chi connectivity index (χ0) is 10.9. The third-order valence-electron chi connectivity index (χ3n) is 2.51. The third kappa shape index (κ3) is 2.37. The second-order valence-corrected chi connectivity index (χ2v) is 5.96. The van der Waals surface area contributed by atoms with Gasteiger partial charge in [-0.15, -0.1) is 0 Å². The van der Waals surface area contributed by atoms with Crippen molar-refractivity contribution in [1.82, 2.24) is 10.6 Å². The van der Waals surface area contributed by atoms with E-state index in [0.717, 1.165) is 5.56 Å². The summed E-state index contributed by atoms with van der Waals surface area (Å²) in [4.78, 5) is 0. The van der Waals surface area contributed by atoms with Gasteiger partial charge in [0.25, 0.3) is 0 Å². The molecule has 1 aliphatic rings. The molecule has 0 aliphatic carbocycles. The molecule has 0 aromatic heterocycles. The van der Waals surface area contributed by atoms with Gasteiger partial charge in [-0.2, -0.15) is 0 Å². The fourth-order valence-corrected chi connectivity index (χ4v) is 2.45. The van der Waals surface area contributed by atoms with Crippen LogP contribution in [0.4, 0.5) is 0 Å². The van der Waals surface area contributed by atoms with Crippen molar-refractivity contribution in [3.63, 3.8) is 0 Å². The molecule has 2 rings (SSSR count). The van der Waals surface area contributed by atoms with Gasteiger partial charge in [-0.1, -0.05) is 30.3 Å². The lowest BCUT2D eigenvalue weighted by Gasteiger charge is -2.12. The van der Waals surface area contributed by atoms with Crippen LogP contribution in [0.3, 0.4) is 0 Å². The molecule has 0 saturated carbocycles. The summed E-state index contributed by atoms with van der Waals surface area (Å²) in [5.41, 5.74) is 1.06. The molecular formula is C10H14N2O2S. The molecule has 5 heteroatoms. The van der Waals surface area contributed by atoms with Crippen molar-refractivity contribution in [3.8, 4) is 0 Å². The maximum absolute atomic E-state index is 11.3. The number of hydrogen-bond donors (Lipinski definition) is 2. The summed E-state index contributed by atoms with van der Waals surface area (Å²) in [7, 11) is -3.02. The minimum absolute atomic E-state index is 0.0640. The van der Waals surface area contributed by atoms with Crippen LogP contribution in [0.2, 0.25) is 0 Å². The summed E-state index contributed by atoms with van der Waals surface area (Å²) in [6, 6.07) is 9.75. The quantitative estimate of drug-likeness (QED) is 0.759. The van der Waals surface area contributed by atoms with Crippen molar-refractivity contribution < 1.29 is 8.42 Å². The summed E-state index contributed by atoms with van der Waals surface area (Å²) < 4.78 is 22.6. The van der Waals surface area contributed by atoms with Gasteiger partial charge in [0.1, 0.15) is 5.37 Å². The second kappa shape index (κ2) is 3.92. The largest absolute Gasteiger partial charge is 0.295 e. The zero-order valence-corrected chi connectivity index (χ0v) is 9.29. The molecule has 0 radical (unpaired) electrons. The number of hydrogen-bond acceptors (Lipinski definition) is 4. The number of benzene rings is 1. The first kappa shape index (κ1) is 10.6. The van der Waals surface area contributed by atoms with E-state index in [1.165, 1.54) is 6.26 Å². The summed E-state index contributed by atoms with van der Waals surface area (Å²) in [6.07, 6.45) is 1.19. The molecule has 2 unspecified atom stereocenters. The van der Waals surface area contributed by atoms with E-state index < -0.39 is 15.2 Å². The van der Waals surface area contributed by atoms with Crippen LogP contribution in [0.25, 0.3) is 0 Å². The van der Waals surface area contributed by atoms with E-state index in [1.54, 1.807) is 0 Å². The Balaban J connectivity index is 2.12. The molecule has 1 aliphatic heterocycles. The lowest BCUT2D eigenvalue weighted by Crippen LogP contribution is -2.33. The minimum atomic E-state index is -3.02. The molecule has 1 aromatic carbocycles. The maximum atomic E-state index is 11.3. The van der Waals surface area contributed by atoms with Crippen LogP contribution in [0.1, 0.15) is 11.7 Å². The molecule has 1 saturated heterocycles. The van der Waals surface area contributed by atoms with Crippen LogP contribution in [0.5, 0.6) is 0 Å². The highest BCUT2D eigenvalue weighted by Crippen LogP contribution is 2.16. The molecule has 2 atom stereocenters. The van der Waals surface area contributed by atoms with Gasteiger partial charge in [0.2, 0.25) is 0 Å². The third-order valence-corrected chi connectivity index (χ3v) is 3.85. The van der Waals surface area contributed by atoms with Gasteiger partial charge < -0.3 is 0 Å². The van der Waals surface area contributed by atoms with Crippen molar-refractivity contribution >= 4 is 9.84 Å². The Hall–Kier alpha value is -0.910. The van der Waals surface area contributed by atoms with Gasteiger partial charge in [0, 0.05) is 12.8 Å². The predicted octanol–water partition coefficient (Wildman–Crippen LogP) is 0.249. The minimum Gasteiger partial charge on any atom is -0.295 e. The van der Waals surface area contributed by atoms with Crippen molar-refractivity contribution in [1.29, 1.82) is 0 Å². The zero-order valence-electron chi connectivity index (χ0n) is 8.47. The van der Waals surface area contributed by atoms with Crippen molar-refractivity contribution in [3.05, 3.63) is 35.9 Å². The Morgan fingerprint density at radius 1 is 1.27 bits per heavy atom. The topological polar surface area (TPSA) is 58.2 Å². The van der Waals surface area contributed by atoms with Crippen molar-refractivity contribution in [2.75, 3.05) is 12.8 Å². The highest BCUT2D eigenvalue weighted by atomic mass is 32.2. The van der Waals surface area contributed by atoms with E-state index in [9.17, 15) is 8.42 Å². The Morgan fingerprint density at radius 2 is 1.93 bits per heavy atom. The Kier molecular flexibility index (Phi) is 2.77. The number of nitrogens with one attached hydrogen (secondary N) is 2. The average Bonchev–Trinajstić information content (AvgIpc) is 2.67. The SMILES string of the molecule is CS(=O)(=O)C1CNC(c2ccccc2)N1. The fraction of sp³-hybridized carbons (Fsp3) is 0.400. The van der Waals surface area contributed by atoms with Gasteiger partial charge in [0.05, 0.1) is 6.17 Å². The van der Waals surface area contributed by atoms with Gasteiger partial charge in [0.15, 0.2) is 9.84 Å². The van der Waals surface area contributed by atoms with Gasteiger partial charge in [-0.3, -0.25) is 10.6 Å². The molecule has 1 heterocycles. The maximum Gasteiger partial charge on any atom is 0.164 e. The molecular weight excluding hydrogens is 212 g/mol. The van der Waals surface area contributed by atoms with Crippen LogP contribution in [-0.4, -0.2) is 26.6 Å². The molecule has 2 N–H and O–H groups in total. The van der Waals surface area contributed by atoms with Gasteiger partial charge >= 0.3 is 0 Å². The van der Waals surface area contributed by atoms with E-state index in [2.05, 4.69) is 10.6 Å². The standard InChI is InChI=1S/C10H14N2O2S/c1-15(13,14)9-7-11-10(12-9)8-5-3-2-4-6-8/h2-6,9-12H,7H2,1H3. The van der Waals surface area contributed by atoms with E-state index in [0.29, 0.717) is 6.54 Å². The summed E-state index contributed by atoms with van der Waals surface area (Å²) in [6.45, 7) is 0.457. The average molecular weight is 226 g/mol. The monoisotopic (exact) mass is 226 g/mol. The second-order valence-electron chi connectivity index (χ2n) is 3.74. The molecule has 82 valence electrons. The number of rotatable bonds is 2. The predicted molar refractivity (Wildman–Crippen MR) is 59.0 cm³/mol. The highest BCUT2D eigenvalue weighted by Gasteiger charge is 2.30. The van der Waals surface area contributed by atoms with Crippen LogP contribution in [0, 0.1) is 0 Å². The summed E-state index contributed by atoms with van der Waals surface area (Å²) in [5, 5.41) is 5.70. The van der Waals surface area contributed by atoms with Crippen molar-refractivity contribution in [2.24, 2.45) is 0 Å². The first-order chi connectivity index (χ1) is 7.07. The first-order valence-corrected chi connectivity index (χ1v) is 6.76. The van der Waals surface area contributed by atoms with Crippen LogP contribution < -0.4 is 10.6 Å². The fourth-order valence-electron chi connectivity index (χ4n) is 1.66. The molecule has 0 amide bonds. The molecule has 4 nitrogen and oxygen atoms in total. The van der Waals surface area contributed by atoms with Crippen molar-refractivity contribution in [2.45, 2.75) is 11.5 Å². The molecule has 1 aromatic rings. The molecule has 0 spiro atoms. The highest BCUT2D eigenvalue weighted by molar-refractivity contribution is 7.91. The normalized spacial score (nSPS) is 26.7. The van der Waals surface area contributed by atoms with E-state index >= 15 is 0 Å². The van der Waals surface area contributed by atoms with Crippen LogP contribution in [-0.2, 0) is 9.84 Å².